The second-order valence-corrected chi connectivity index (χ2v) is 7.07. The summed E-state index contributed by atoms with van der Waals surface area (Å²) in [7, 11) is 0. The molecule has 6 heteroatoms. The molecule has 0 spiro atoms. The standard InChI is InChI=1S/C17H12N2O2S2/c20-14-7-16(22)19-13(14)6-11-3-4-15(23-11)9-1-2-10-8-18-17(21)12(10)5-9/h1-6H,7-8H2,(H,18,21)(H,19,22)/b13-6+. The number of carbonyl (C=O) groups is 2. The van der Waals surface area contributed by atoms with Gasteiger partial charge < -0.3 is 10.6 Å². The number of thiophene rings is 1. The van der Waals surface area contributed by atoms with E-state index in [1.54, 1.807) is 11.3 Å². The molecular weight excluding hydrogens is 328 g/mol. The summed E-state index contributed by atoms with van der Waals surface area (Å²) in [5, 5.41) is 5.76. The van der Waals surface area contributed by atoms with Crippen molar-refractivity contribution >= 4 is 46.3 Å². The maximum atomic E-state index is 11.8. The summed E-state index contributed by atoms with van der Waals surface area (Å²) in [4.78, 5) is 26.2. The first-order chi connectivity index (χ1) is 11.1. The Bertz CT molecular complexity index is 896. The van der Waals surface area contributed by atoms with Crippen LogP contribution in [0.1, 0.15) is 27.2 Å². The third kappa shape index (κ3) is 2.60. The monoisotopic (exact) mass is 340 g/mol. The molecule has 2 N–H and O–H groups in total. The molecule has 23 heavy (non-hydrogen) atoms. The Morgan fingerprint density at radius 2 is 2.04 bits per heavy atom. The van der Waals surface area contributed by atoms with Gasteiger partial charge in [0.2, 0.25) is 0 Å². The Labute approximate surface area is 142 Å². The van der Waals surface area contributed by atoms with Crippen LogP contribution in [0.2, 0.25) is 0 Å². The van der Waals surface area contributed by atoms with Crippen LogP contribution >= 0.6 is 23.6 Å². The Kier molecular flexibility index (Phi) is 3.36. The molecule has 1 saturated heterocycles. The third-order valence-electron chi connectivity index (χ3n) is 3.89. The zero-order valence-electron chi connectivity index (χ0n) is 12.0. The van der Waals surface area contributed by atoms with E-state index < -0.39 is 0 Å². The molecule has 0 aliphatic carbocycles. The van der Waals surface area contributed by atoms with E-state index in [9.17, 15) is 9.59 Å². The number of benzene rings is 1. The van der Waals surface area contributed by atoms with Gasteiger partial charge in [0, 0.05) is 21.9 Å². The van der Waals surface area contributed by atoms with E-state index in [1.807, 2.05) is 36.4 Å². The second kappa shape index (κ2) is 5.40. The molecule has 2 aliphatic rings. The normalized spacial score (nSPS) is 18.3. The number of rotatable bonds is 2. The molecule has 1 amide bonds. The minimum absolute atomic E-state index is 0.0185. The largest absolute Gasteiger partial charge is 0.348 e. The Hall–Kier alpha value is -2.31. The van der Waals surface area contributed by atoms with Gasteiger partial charge in [-0.1, -0.05) is 24.4 Å². The van der Waals surface area contributed by atoms with Crippen molar-refractivity contribution in [3.63, 3.8) is 0 Å². The maximum absolute atomic E-state index is 11.8. The van der Waals surface area contributed by atoms with Gasteiger partial charge in [-0.3, -0.25) is 9.59 Å². The molecule has 4 rings (SSSR count). The lowest BCUT2D eigenvalue weighted by atomic mass is 10.1. The first-order valence-electron chi connectivity index (χ1n) is 7.16. The van der Waals surface area contributed by atoms with Crippen LogP contribution in [-0.2, 0) is 11.3 Å². The Morgan fingerprint density at radius 1 is 1.17 bits per heavy atom. The van der Waals surface area contributed by atoms with Crippen molar-refractivity contribution in [1.29, 1.82) is 0 Å². The quantitative estimate of drug-likeness (QED) is 0.652. The molecule has 3 heterocycles. The number of hydrogen-bond acceptors (Lipinski definition) is 4. The van der Waals surface area contributed by atoms with E-state index in [0.717, 1.165) is 26.4 Å². The van der Waals surface area contributed by atoms with Crippen molar-refractivity contribution in [2.24, 2.45) is 0 Å². The molecule has 1 aromatic heterocycles. The van der Waals surface area contributed by atoms with Crippen LogP contribution in [-0.4, -0.2) is 16.7 Å². The predicted molar refractivity (Wildman–Crippen MR) is 94.3 cm³/mol. The van der Waals surface area contributed by atoms with Gasteiger partial charge in [-0.15, -0.1) is 11.3 Å². The van der Waals surface area contributed by atoms with Crippen LogP contribution in [0.25, 0.3) is 16.5 Å². The summed E-state index contributed by atoms with van der Waals surface area (Å²) in [6.45, 7) is 0.601. The minimum atomic E-state index is -0.0185. The highest BCUT2D eigenvalue weighted by Gasteiger charge is 2.21. The molecular formula is C17H12N2O2S2. The molecule has 0 unspecified atom stereocenters. The van der Waals surface area contributed by atoms with Gasteiger partial charge in [0.05, 0.1) is 17.1 Å². The van der Waals surface area contributed by atoms with Gasteiger partial charge in [-0.25, -0.2) is 0 Å². The summed E-state index contributed by atoms with van der Waals surface area (Å²) in [5.74, 6) is 0.00849. The number of carbonyl (C=O) groups excluding carboxylic acids is 2. The van der Waals surface area contributed by atoms with Gasteiger partial charge in [-0.2, -0.15) is 0 Å². The fourth-order valence-electron chi connectivity index (χ4n) is 2.72. The van der Waals surface area contributed by atoms with Gasteiger partial charge in [-0.05, 0) is 35.4 Å². The van der Waals surface area contributed by atoms with E-state index in [0.29, 0.717) is 23.7 Å². The number of thiocarbonyl (C=S) groups is 1. The minimum Gasteiger partial charge on any atom is -0.348 e. The molecule has 114 valence electrons. The molecule has 4 nitrogen and oxygen atoms in total. The van der Waals surface area contributed by atoms with Crippen molar-refractivity contribution in [2.45, 2.75) is 13.0 Å². The van der Waals surface area contributed by atoms with Gasteiger partial charge in [0.25, 0.3) is 5.91 Å². The van der Waals surface area contributed by atoms with Crippen LogP contribution in [0.3, 0.4) is 0 Å². The van der Waals surface area contributed by atoms with Crippen LogP contribution < -0.4 is 10.6 Å². The van der Waals surface area contributed by atoms with Crippen molar-refractivity contribution < 1.29 is 9.59 Å². The highest BCUT2D eigenvalue weighted by molar-refractivity contribution is 7.80. The number of amides is 1. The van der Waals surface area contributed by atoms with E-state index >= 15 is 0 Å². The van der Waals surface area contributed by atoms with Gasteiger partial charge in [0.15, 0.2) is 5.78 Å². The van der Waals surface area contributed by atoms with E-state index in [-0.39, 0.29) is 11.7 Å². The first kappa shape index (κ1) is 14.3. The van der Waals surface area contributed by atoms with Crippen molar-refractivity contribution in [2.75, 3.05) is 0 Å². The molecule has 2 aromatic rings. The van der Waals surface area contributed by atoms with Gasteiger partial charge in [0.1, 0.15) is 0 Å². The zero-order chi connectivity index (χ0) is 16.0. The third-order valence-corrected chi connectivity index (χ3v) is 5.22. The van der Waals surface area contributed by atoms with Crippen molar-refractivity contribution in [3.05, 3.63) is 52.0 Å². The summed E-state index contributed by atoms with van der Waals surface area (Å²) >= 11 is 6.60. The lowest BCUT2D eigenvalue weighted by molar-refractivity contribution is -0.114. The van der Waals surface area contributed by atoms with Gasteiger partial charge >= 0.3 is 0 Å². The number of nitrogens with one attached hydrogen (secondary N) is 2. The van der Waals surface area contributed by atoms with Crippen LogP contribution in [0, 0.1) is 0 Å². The second-order valence-electron chi connectivity index (χ2n) is 5.46. The van der Waals surface area contributed by atoms with E-state index in [1.165, 1.54) is 0 Å². The lowest BCUT2D eigenvalue weighted by Crippen LogP contribution is -2.12. The number of hydrogen-bond donors (Lipinski definition) is 2. The van der Waals surface area contributed by atoms with Crippen LogP contribution in [0.4, 0.5) is 0 Å². The Morgan fingerprint density at radius 3 is 2.83 bits per heavy atom. The van der Waals surface area contributed by atoms with E-state index in [2.05, 4.69) is 10.6 Å². The number of fused-ring (bicyclic) bond motifs is 1. The number of allylic oxidation sites excluding steroid dienone is 1. The molecule has 0 atom stereocenters. The first-order valence-corrected chi connectivity index (χ1v) is 8.39. The number of ketones is 1. The average molecular weight is 340 g/mol. The van der Waals surface area contributed by atoms with E-state index in [4.69, 9.17) is 12.2 Å². The maximum Gasteiger partial charge on any atom is 0.251 e. The average Bonchev–Trinajstić information content (AvgIpc) is 3.21. The summed E-state index contributed by atoms with van der Waals surface area (Å²) in [5.41, 5.74) is 3.34. The highest BCUT2D eigenvalue weighted by atomic mass is 32.1. The predicted octanol–water partition coefficient (Wildman–Crippen LogP) is 2.89. The molecule has 0 bridgehead atoms. The fourth-order valence-corrected chi connectivity index (χ4v) is 3.90. The van der Waals surface area contributed by atoms with Crippen LogP contribution in [0.5, 0.6) is 0 Å². The number of Topliss-reactive ketones (excluding diaryl/α,β-unsaturated/α-hetero) is 1. The topological polar surface area (TPSA) is 58.2 Å². The molecule has 2 aliphatic heterocycles. The van der Waals surface area contributed by atoms with Crippen molar-refractivity contribution in [3.8, 4) is 10.4 Å². The summed E-state index contributed by atoms with van der Waals surface area (Å²) in [6, 6.07) is 9.91. The summed E-state index contributed by atoms with van der Waals surface area (Å²) < 4.78 is 0. The zero-order valence-corrected chi connectivity index (χ0v) is 13.6. The Balaban J connectivity index is 1.65. The molecule has 0 saturated carbocycles. The fraction of sp³-hybridized carbons (Fsp3) is 0.118. The molecule has 0 radical (unpaired) electrons. The highest BCUT2D eigenvalue weighted by Crippen LogP contribution is 2.32. The smallest absolute Gasteiger partial charge is 0.251 e. The summed E-state index contributed by atoms with van der Waals surface area (Å²) in [6.07, 6.45) is 2.12. The SMILES string of the molecule is O=C1CC(=S)N/C1=C/c1ccc(-c2ccc3c(c2)C(=O)NC3)s1. The lowest BCUT2D eigenvalue weighted by Gasteiger charge is -2.00. The van der Waals surface area contributed by atoms with Crippen LogP contribution in [0.15, 0.2) is 36.0 Å². The van der Waals surface area contributed by atoms with Crippen molar-refractivity contribution in [1.82, 2.24) is 10.6 Å². The molecule has 1 fully saturated rings. The molecule has 1 aromatic carbocycles.